The lowest BCUT2D eigenvalue weighted by Gasteiger charge is -2.20. The summed E-state index contributed by atoms with van der Waals surface area (Å²) in [6, 6.07) is 4.91. The minimum absolute atomic E-state index is 0.108. The van der Waals surface area contributed by atoms with Gasteiger partial charge >= 0.3 is 0 Å². The molecule has 0 spiro atoms. The maximum absolute atomic E-state index is 13.6. The van der Waals surface area contributed by atoms with Crippen LogP contribution in [0.2, 0.25) is 10.0 Å². The lowest BCUT2D eigenvalue weighted by Crippen LogP contribution is -2.34. The van der Waals surface area contributed by atoms with E-state index in [0.717, 1.165) is 49.2 Å². The molecule has 170 valence electrons. The Hall–Kier alpha value is -1.93. The monoisotopic (exact) mass is 492 g/mol. The topological polar surface area (TPSA) is 67.2 Å². The van der Waals surface area contributed by atoms with E-state index in [2.05, 4.69) is 24.1 Å². The number of thiophene rings is 1. The van der Waals surface area contributed by atoms with Crippen LogP contribution in [0.1, 0.15) is 43.0 Å². The van der Waals surface area contributed by atoms with Gasteiger partial charge in [0, 0.05) is 10.6 Å². The van der Waals surface area contributed by atoms with Crippen molar-refractivity contribution in [1.29, 1.82) is 0 Å². The Labute approximate surface area is 201 Å². The molecule has 0 saturated heterocycles. The highest BCUT2D eigenvalue weighted by molar-refractivity contribution is 7.18. The van der Waals surface area contributed by atoms with E-state index < -0.39 is 0 Å². The van der Waals surface area contributed by atoms with Gasteiger partial charge in [-0.1, -0.05) is 37.0 Å². The minimum Gasteiger partial charge on any atom is -0.324 e. The summed E-state index contributed by atoms with van der Waals surface area (Å²) in [5.41, 5.74) is 1.53. The number of anilines is 1. The van der Waals surface area contributed by atoms with Crippen molar-refractivity contribution in [3.8, 4) is 0 Å². The molecule has 9 heteroatoms. The second-order valence-corrected chi connectivity index (χ2v) is 9.85. The first-order chi connectivity index (χ1) is 15.4. The van der Waals surface area contributed by atoms with Crippen molar-refractivity contribution >= 4 is 56.3 Å². The fraction of sp³-hybridized carbons (Fsp3) is 0.435. The average Bonchev–Trinajstić information content (AvgIpc) is 3.15. The van der Waals surface area contributed by atoms with E-state index in [0.29, 0.717) is 33.5 Å². The number of rotatable bonds is 7. The van der Waals surface area contributed by atoms with Crippen LogP contribution in [0.5, 0.6) is 0 Å². The number of hydrogen-bond acceptors (Lipinski definition) is 5. The summed E-state index contributed by atoms with van der Waals surface area (Å²) < 4.78 is 1.54. The quantitative estimate of drug-likeness (QED) is 0.496. The van der Waals surface area contributed by atoms with E-state index in [1.54, 1.807) is 29.5 Å². The van der Waals surface area contributed by atoms with Crippen molar-refractivity contribution in [1.82, 2.24) is 14.5 Å². The zero-order valence-corrected chi connectivity index (χ0v) is 20.5. The molecule has 1 aliphatic rings. The first-order valence-electron chi connectivity index (χ1n) is 10.9. The van der Waals surface area contributed by atoms with Crippen molar-refractivity contribution in [2.24, 2.45) is 0 Å². The maximum atomic E-state index is 13.6. The highest BCUT2D eigenvalue weighted by Crippen LogP contribution is 2.34. The molecule has 32 heavy (non-hydrogen) atoms. The Bertz CT molecular complexity index is 1220. The molecule has 3 aromatic rings. The number of nitrogens with zero attached hydrogens (tertiary/aromatic N) is 3. The Kier molecular flexibility index (Phi) is 7.20. The zero-order valence-electron chi connectivity index (χ0n) is 18.2. The van der Waals surface area contributed by atoms with Gasteiger partial charge in [-0.15, -0.1) is 11.3 Å². The van der Waals surface area contributed by atoms with Gasteiger partial charge < -0.3 is 5.32 Å². The van der Waals surface area contributed by atoms with Gasteiger partial charge in [0.15, 0.2) is 0 Å². The summed E-state index contributed by atoms with van der Waals surface area (Å²) in [6.45, 7) is 6.22. The van der Waals surface area contributed by atoms with Crippen molar-refractivity contribution in [3.05, 3.63) is 54.9 Å². The molecule has 0 radical (unpaired) electrons. The summed E-state index contributed by atoms with van der Waals surface area (Å²) >= 11 is 13.7. The second kappa shape index (κ2) is 9.91. The van der Waals surface area contributed by atoms with E-state index in [4.69, 9.17) is 28.2 Å². The van der Waals surface area contributed by atoms with Gasteiger partial charge in [0.25, 0.3) is 5.56 Å². The molecule has 1 amide bonds. The smallest absolute Gasteiger partial charge is 0.263 e. The van der Waals surface area contributed by atoms with Crippen LogP contribution in [0.4, 0.5) is 5.69 Å². The van der Waals surface area contributed by atoms with Crippen LogP contribution in [-0.2, 0) is 30.7 Å². The molecule has 0 unspecified atom stereocenters. The Morgan fingerprint density at radius 3 is 2.66 bits per heavy atom. The van der Waals surface area contributed by atoms with Gasteiger partial charge in [-0.3, -0.25) is 19.1 Å². The summed E-state index contributed by atoms with van der Waals surface area (Å²) in [6.07, 6.45) is 4.12. The van der Waals surface area contributed by atoms with E-state index in [1.807, 2.05) is 0 Å². The SMILES string of the molecule is CCN(CC)Cc1nc2sc3c(c2c(=O)n1CC(=O)Nc1ccc(Cl)c(Cl)c1)CCCC3. The predicted molar refractivity (Wildman–Crippen MR) is 132 cm³/mol. The van der Waals surface area contributed by atoms with Crippen molar-refractivity contribution < 1.29 is 4.79 Å². The maximum Gasteiger partial charge on any atom is 0.263 e. The van der Waals surface area contributed by atoms with Crippen LogP contribution in [0.15, 0.2) is 23.0 Å². The Morgan fingerprint density at radius 2 is 1.94 bits per heavy atom. The summed E-state index contributed by atoms with van der Waals surface area (Å²) in [7, 11) is 0. The molecule has 1 N–H and O–H groups in total. The molecule has 0 saturated carbocycles. The van der Waals surface area contributed by atoms with E-state index in [9.17, 15) is 9.59 Å². The molecule has 1 aromatic carbocycles. The minimum atomic E-state index is -0.309. The second-order valence-electron chi connectivity index (χ2n) is 7.95. The van der Waals surface area contributed by atoms with Crippen LogP contribution < -0.4 is 10.9 Å². The fourth-order valence-corrected chi connectivity index (χ4v) is 5.70. The highest BCUT2D eigenvalue weighted by Gasteiger charge is 2.23. The van der Waals surface area contributed by atoms with Gasteiger partial charge in [0.1, 0.15) is 17.2 Å². The molecule has 2 heterocycles. The molecule has 1 aliphatic carbocycles. The molecule has 0 atom stereocenters. The number of amides is 1. The van der Waals surface area contributed by atoms with Crippen LogP contribution >= 0.6 is 34.5 Å². The summed E-state index contributed by atoms with van der Waals surface area (Å²) in [4.78, 5) is 35.6. The van der Waals surface area contributed by atoms with Gasteiger partial charge in [0.2, 0.25) is 5.91 Å². The number of halogens is 2. The number of nitrogens with one attached hydrogen (secondary N) is 1. The molecule has 6 nitrogen and oxygen atoms in total. The summed E-state index contributed by atoms with van der Waals surface area (Å²) in [5.74, 6) is 0.311. The number of fused-ring (bicyclic) bond motifs is 3. The van der Waals surface area contributed by atoms with Gasteiger partial charge in [-0.2, -0.15) is 0 Å². The van der Waals surface area contributed by atoms with E-state index in [-0.39, 0.29) is 18.0 Å². The first-order valence-corrected chi connectivity index (χ1v) is 12.5. The number of carbonyl (C=O) groups excluding carboxylic acids is 1. The van der Waals surface area contributed by atoms with Crippen LogP contribution in [0, 0.1) is 0 Å². The highest BCUT2D eigenvalue weighted by atomic mass is 35.5. The van der Waals surface area contributed by atoms with E-state index in [1.165, 1.54) is 9.44 Å². The van der Waals surface area contributed by atoms with Gasteiger partial charge in [0.05, 0.1) is 22.0 Å². The predicted octanol–water partition coefficient (Wildman–Crippen LogP) is 5.12. The van der Waals surface area contributed by atoms with Gasteiger partial charge in [-0.05, 0) is 62.5 Å². The van der Waals surface area contributed by atoms with Crippen LogP contribution in [0.25, 0.3) is 10.2 Å². The lowest BCUT2D eigenvalue weighted by molar-refractivity contribution is -0.116. The number of aryl methyl sites for hydroxylation is 2. The molecular formula is C23H26Cl2N4O2S. The van der Waals surface area contributed by atoms with E-state index >= 15 is 0 Å². The third kappa shape index (κ3) is 4.71. The first kappa shape index (κ1) is 23.2. The number of benzene rings is 1. The molecule has 2 aromatic heterocycles. The molecule has 0 bridgehead atoms. The van der Waals surface area contributed by atoms with Crippen molar-refractivity contribution in [3.63, 3.8) is 0 Å². The molecule has 0 aliphatic heterocycles. The van der Waals surface area contributed by atoms with Crippen LogP contribution in [-0.4, -0.2) is 33.4 Å². The average molecular weight is 493 g/mol. The summed E-state index contributed by atoms with van der Waals surface area (Å²) in [5, 5.41) is 4.28. The van der Waals surface area contributed by atoms with Crippen LogP contribution in [0.3, 0.4) is 0 Å². The Balaban J connectivity index is 1.72. The van der Waals surface area contributed by atoms with Gasteiger partial charge in [-0.25, -0.2) is 4.98 Å². The largest absolute Gasteiger partial charge is 0.324 e. The van der Waals surface area contributed by atoms with Crippen molar-refractivity contribution in [2.75, 3.05) is 18.4 Å². The van der Waals surface area contributed by atoms with Crippen molar-refractivity contribution in [2.45, 2.75) is 52.6 Å². The lowest BCUT2D eigenvalue weighted by atomic mass is 9.97. The standard InChI is InChI=1S/C23H26Cl2N4O2S/c1-3-28(4-2)12-19-27-22-21(15-7-5-6-8-18(15)32-22)23(31)29(19)13-20(30)26-14-9-10-16(24)17(25)11-14/h9-11H,3-8,12-13H2,1-2H3,(H,26,30). The third-order valence-corrected chi connectivity index (χ3v) is 7.84. The number of hydrogen-bond donors (Lipinski definition) is 1. The molecular weight excluding hydrogens is 467 g/mol. The number of carbonyl (C=O) groups is 1. The number of aromatic nitrogens is 2. The normalized spacial score (nSPS) is 13.5. The molecule has 4 rings (SSSR count). The Morgan fingerprint density at radius 1 is 1.19 bits per heavy atom. The fourth-order valence-electron chi connectivity index (χ4n) is 4.13. The zero-order chi connectivity index (χ0) is 22.8. The third-order valence-electron chi connectivity index (χ3n) is 5.92. The molecule has 0 fully saturated rings.